The van der Waals surface area contributed by atoms with E-state index in [0.717, 1.165) is 24.0 Å². The fourth-order valence-electron chi connectivity index (χ4n) is 2.82. The number of carbonyl (C=O) groups is 2. The third-order valence-corrected chi connectivity index (χ3v) is 4.42. The topological polar surface area (TPSA) is 113 Å². The van der Waals surface area contributed by atoms with Crippen molar-refractivity contribution >= 4 is 22.8 Å². The Morgan fingerprint density at radius 3 is 2.26 bits per heavy atom. The number of carbonyl (C=O) groups excluding carboxylic acids is 2. The molecule has 0 saturated carbocycles. The van der Waals surface area contributed by atoms with Gasteiger partial charge in [-0.3, -0.25) is 14.8 Å². The van der Waals surface area contributed by atoms with Crippen molar-refractivity contribution in [2.45, 2.75) is 20.8 Å². The van der Waals surface area contributed by atoms with E-state index in [4.69, 9.17) is 14.4 Å². The molecule has 0 aliphatic carbocycles. The molecule has 8 heteroatoms. The number of nitrogens with one attached hydrogen (secondary N) is 3. The minimum atomic E-state index is -0.593. The molecule has 8 nitrogen and oxygen atoms in total. The van der Waals surface area contributed by atoms with E-state index in [0.29, 0.717) is 29.2 Å². The van der Waals surface area contributed by atoms with Gasteiger partial charge in [0, 0.05) is 16.5 Å². The van der Waals surface area contributed by atoms with Gasteiger partial charge in [-0.25, -0.2) is 5.48 Å². The molecular formula is C23H29N3O5. The number of aryl methyl sites for hydroxylation is 1. The molecule has 0 spiro atoms. The molecule has 31 heavy (non-hydrogen) atoms. The van der Waals surface area contributed by atoms with Gasteiger partial charge in [0.05, 0.1) is 6.54 Å². The van der Waals surface area contributed by atoms with Gasteiger partial charge in [0.1, 0.15) is 17.9 Å². The van der Waals surface area contributed by atoms with Crippen molar-refractivity contribution in [1.29, 1.82) is 0 Å². The molecule has 0 aliphatic rings. The smallest absolute Gasteiger partial charge is 0.287 e. The molecule has 4 N–H and O–H groups in total. The average Bonchev–Trinajstić information content (AvgIpc) is 3.14. The second-order valence-electron chi connectivity index (χ2n) is 6.58. The molecule has 0 fully saturated rings. The van der Waals surface area contributed by atoms with Crippen LogP contribution >= 0.6 is 0 Å². The zero-order chi connectivity index (χ0) is 22.6. The Kier molecular flexibility index (Phi) is 9.54. The summed E-state index contributed by atoms with van der Waals surface area (Å²) < 4.78 is 11.1. The van der Waals surface area contributed by atoms with Crippen molar-refractivity contribution in [1.82, 2.24) is 16.1 Å². The van der Waals surface area contributed by atoms with E-state index in [1.807, 2.05) is 31.2 Å². The van der Waals surface area contributed by atoms with Gasteiger partial charge in [0.15, 0.2) is 5.76 Å². The van der Waals surface area contributed by atoms with Crippen LogP contribution in [0.3, 0.4) is 0 Å². The van der Waals surface area contributed by atoms with Crippen LogP contribution in [0, 0.1) is 6.92 Å². The van der Waals surface area contributed by atoms with Gasteiger partial charge in [0.25, 0.3) is 11.8 Å². The Morgan fingerprint density at radius 2 is 1.68 bits per heavy atom. The third kappa shape index (κ3) is 6.84. The Labute approximate surface area is 181 Å². The van der Waals surface area contributed by atoms with Crippen molar-refractivity contribution < 1.29 is 24.0 Å². The second kappa shape index (κ2) is 12.4. The number of para-hydroxylation sites is 1. The number of fused-ring (bicyclic) bond motifs is 1. The number of benzene rings is 2. The Morgan fingerprint density at radius 1 is 1.00 bits per heavy atom. The number of hydrogen-bond acceptors (Lipinski definition) is 6. The summed E-state index contributed by atoms with van der Waals surface area (Å²) in [6, 6.07) is 13.8. The first-order valence-corrected chi connectivity index (χ1v) is 10.2. The fraction of sp³-hybridized carbons (Fsp3) is 0.304. The molecule has 166 valence electrons. The molecule has 0 aliphatic heterocycles. The number of amides is 2. The molecule has 0 unspecified atom stereocenters. The molecule has 1 heterocycles. The molecule has 0 bridgehead atoms. The molecule has 0 saturated heterocycles. The maximum Gasteiger partial charge on any atom is 0.287 e. The van der Waals surface area contributed by atoms with Crippen LogP contribution < -0.4 is 20.9 Å². The first-order chi connectivity index (χ1) is 15.0. The van der Waals surface area contributed by atoms with Gasteiger partial charge in [-0.05, 0) is 50.3 Å². The van der Waals surface area contributed by atoms with Gasteiger partial charge < -0.3 is 19.8 Å². The van der Waals surface area contributed by atoms with Gasteiger partial charge >= 0.3 is 0 Å². The van der Waals surface area contributed by atoms with Crippen LogP contribution in [0.15, 0.2) is 52.9 Å². The molecule has 3 rings (SSSR count). The lowest BCUT2D eigenvalue weighted by Gasteiger charge is -2.08. The van der Waals surface area contributed by atoms with Crippen LogP contribution in [0.1, 0.15) is 40.3 Å². The number of hydrogen-bond donors (Lipinski definition) is 4. The number of hydroxylamine groups is 1. The zero-order valence-electron chi connectivity index (χ0n) is 18.0. The third-order valence-electron chi connectivity index (χ3n) is 4.42. The minimum absolute atomic E-state index is 0.260. The van der Waals surface area contributed by atoms with Gasteiger partial charge in [-0.15, -0.1) is 0 Å². The lowest BCUT2D eigenvalue weighted by atomic mass is 10.1. The highest BCUT2D eigenvalue weighted by Gasteiger charge is 2.16. The van der Waals surface area contributed by atoms with E-state index in [1.165, 1.54) is 12.1 Å². The first kappa shape index (κ1) is 23.9. The van der Waals surface area contributed by atoms with Crippen LogP contribution in [-0.2, 0) is 0 Å². The molecule has 2 amide bonds. The second-order valence-corrected chi connectivity index (χ2v) is 6.58. The van der Waals surface area contributed by atoms with Crippen LogP contribution in [-0.4, -0.2) is 43.3 Å². The van der Waals surface area contributed by atoms with Gasteiger partial charge in [0.2, 0.25) is 0 Å². The Balaban J connectivity index is 0.000000614. The lowest BCUT2D eigenvalue weighted by molar-refractivity contribution is 0.0706. The SMILES string of the molecule is CCNCC.Cc1c(C(=O)NCCOc2ccc(C(=O)NO)cc2)oc2ccccc12. The van der Waals surface area contributed by atoms with E-state index in [9.17, 15) is 9.59 Å². The summed E-state index contributed by atoms with van der Waals surface area (Å²) in [5.41, 5.74) is 3.35. The maximum absolute atomic E-state index is 12.3. The van der Waals surface area contributed by atoms with Crippen molar-refractivity contribution in [3.63, 3.8) is 0 Å². The molecule has 0 atom stereocenters. The number of rotatable bonds is 8. The quantitative estimate of drug-likeness (QED) is 0.249. The highest BCUT2D eigenvalue weighted by molar-refractivity contribution is 5.98. The van der Waals surface area contributed by atoms with E-state index in [1.54, 1.807) is 17.6 Å². The van der Waals surface area contributed by atoms with Crippen LogP contribution in [0.4, 0.5) is 0 Å². The Hall–Kier alpha value is -3.36. The standard InChI is InChI=1S/C19H18N2O5.C4H11N/c1-12-15-4-2-3-5-16(15)26-17(12)19(23)20-10-11-25-14-8-6-13(7-9-14)18(22)21-24;1-3-5-4-2/h2-9,24H,10-11H2,1H3,(H,20,23)(H,21,22);5H,3-4H2,1-2H3. The van der Waals surface area contributed by atoms with E-state index >= 15 is 0 Å². The summed E-state index contributed by atoms with van der Waals surface area (Å²) in [6.45, 7) is 8.80. The number of furan rings is 1. The monoisotopic (exact) mass is 427 g/mol. The van der Waals surface area contributed by atoms with Crippen LogP contribution in [0.2, 0.25) is 0 Å². The predicted octanol–water partition coefficient (Wildman–Crippen LogP) is 3.28. The van der Waals surface area contributed by atoms with Crippen molar-refractivity contribution in [3.05, 3.63) is 65.4 Å². The predicted molar refractivity (Wildman–Crippen MR) is 119 cm³/mol. The summed E-state index contributed by atoms with van der Waals surface area (Å²) in [5, 5.41) is 15.3. The van der Waals surface area contributed by atoms with Crippen molar-refractivity contribution in [2.75, 3.05) is 26.2 Å². The minimum Gasteiger partial charge on any atom is -0.492 e. The zero-order valence-corrected chi connectivity index (χ0v) is 18.0. The molecule has 2 aromatic carbocycles. The summed E-state index contributed by atoms with van der Waals surface area (Å²) in [4.78, 5) is 23.5. The summed E-state index contributed by atoms with van der Waals surface area (Å²) >= 11 is 0. The van der Waals surface area contributed by atoms with E-state index < -0.39 is 5.91 Å². The normalized spacial score (nSPS) is 10.2. The maximum atomic E-state index is 12.3. The van der Waals surface area contributed by atoms with E-state index in [2.05, 4.69) is 24.5 Å². The largest absolute Gasteiger partial charge is 0.492 e. The van der Waals surface area contributed by atoms with E-state index in [-0.39, 0.29) is 12.5 Å². The number of ether oxygens (including phenoxy) is 1. The van der Waals surface area contributed by atoms with Crippen molar-refractivity contribution in [3.8, 4) is 5.75 Å². The first-order valence-electron chi connectivity index (χ1n) is 10.2. The molecule has 3 aromatic rings. The summed E-state index contributed by atoms with van der Waals surface area (Å²) in [5.74, 6) is -0.0403. The molecular weight excluding hydrogens is 398 g/mol. The fourth-order valence-corrected chi connectivity index (χ4v) is 2.82. The molecule has 0 radical (unpaired) electrons. The summed E-state index contributed by atoms with van der Waals surface area (Å²) in [7, 11) is 0. The van der Waals surface area contributed by atoms with Gasteiger partial charge in [-0.2, -0.15) is 0 Å². The Bertz CT molecular complexity index is 981. The lowest BCUT2D eigenvalue weighted by Crippen LogP contribution is -2.28. The van der Waals surface area contributed by atoms with Crippen LogP contribution in [0.25, 0.3) is 11.0 Å². The highest BCUT2D eigenvalue weighted by Crippen LogP contribution is 2.24. The summed E-state index contributed by atoms with van der Waals surface area (Å²) in [6.07, 6.45) is 0. The van der Waals surface area contributed by atoms with Gasteiger partial charge in [-0.1, -0.05) is 32.0 Å². The highest BCUT2D eigenvalue weighted by atomic mass is 16.5. The van der Waals surface area contributed by atoms with Crippen LogP contribution in [0.5, 0.6) is 5.75 Å². The average molecular weight is 428 g/mol. The molecule has 1 aromatic heterocycles. The van der Waals surface area contributed by atoms with Crippen molar-refractivity contribution in [2.24, 2.45) is 0 Å².